The molecular formula is C12H14ClNO2. The second kappa shape index (κ2) is 4.34. The van der Waals surface area contributed by atoms with E-state index < -0.39 is 5.97 Å². The molecule has 2 N–H and O–H groups in total. The average Bonchev–Trinajstić information content (AvgIpc) is 2.99. The Bertz CT molecular complexity index is 415. The number of carboxylic acid groups (broad SMARTS) is 1. The van der Waals surface area contributed by atoms with Crippen LogP contribution in [-0.2, 0) is 0 Å². The van der Waals surface area contributed by atoms with Gasteiger partial charge in [-0.2, -0.15) is 0 Å². The molecule has 2 rings (SSSR count). The van der Waals surface area contributed by atoms with E-state index in [-0.39, 0.29) is 10.6 Å². The molecule has 0 heterocycles. The third kappa shape index (κ3) is 2.47. The number of nitrogens with one attached hydrogen (secondary N) is 1. The lowest BCUT2D eigenvalue weighted by Crippen LogP contribution is -2.17. The van der Waals surface area contributed by atoms with Gasteiger partial charge < -0.3 is 10.4 Å². The van der Waals surface area contributed by atoms with E-state index in [1.54, 1.807) is 12.1 Å². The molecule has 0 bridgehead atoms. The predicted octanol–water partition coefficient (Wildman–Crippen LogP) is 3.25. The van der Waals surface area contributed by atoms with E-state index in [9.17, 15) is 4.79 Å². The van der Waals surface area contributed by atoms with E-state index in [2.05, 4.69) is 12.2 Å². The van der Waals surface area contributed by atoms with E-state index in [1.165, 1.54) is 18.9 Å². The number of hydrogen-bond acceptors (Lipinski definition) is 2. The number of carboxylic acids is 1. The highest BCUT2D eigenvalue weighted by Crippen LogP contribution is 2.34. The van der Waals surface area contributed by atoms with Crippen molar-refractivity contribution < 1.29 is 9.90 Å². The van der Waals surface area contributed by atoms with E-state index in [0.717, 1.165) is 11.6 Å². The Morgan fingerprint density at radius 3 is 2.75 bits per heavy atom. The SMILES string of the molecule is CC(Nc1ccc(C(=O)O)c(Cl)c1)C1CC1. The minimum Gasteiger partial charge on any atom is -0.478 e. The molecule has 1 atom stereocenters. The molecule has 1 aliphatic carbocycles. The molecule has 0 radical (unpaired) electrons. The number of rotatable bonds is 4. The van der Waals surface area contributed by atoms with E-state index in [4.69, 9.17) is 16.7 Å². The molecule has 1 unspecified atom stereocenters. The van der Waals surface area contributed by atoms with Crippen molar-refractivity contribution in [1.29, 1.82) is 0 Å². The van der Waals surface area contributed by atoms with Crippen LogP contribution in [0.15, 0.2) is 18.2 Å². The fraction of sp³-hybridized carbons (Fsp3) is 0.417. The zero-order valence-corrected chi connectivity index (χ0v) is 9.79. The Labute approximate surface area is 99.4 Å². The highest BCUT2D eigenvalue weighted by Gasteiger charge is 2.27. The first-order valence-corrected chi connectivity index (χ1v) is 5.75. The lowest BCUT2D eigenvalue weighted by molar-refractivity contribution is 0.0697. The standard InChI is InChI=1S/C12H14ClNO2/c1-7(8-2-3-8)14-9-4-5-10(12(15)16)11(13)6-9/h4-8,14H,2-3H2,1H3,(H,15,16). The van der Waals surface area contributed by atoms with Crippen LogP contribution in [0.1, 0.15) is 30.1 Å². The van der Waals surface area contributed by atoms with E-state index >= 15 is 0 Å². The van der Waals surface area contributed by atoms with Crippen LogP contribution in [0.25, 0.3) is 0 Å². The normalized spacial score (nSPS) is 16.9. The molecule has 1 aromatic rings. The van der Waals surface area contributed by atoms with Gasteiger partial charge in [-0.15, -0.1) is 0 Å². The molecule has 0 aromatic heterocycles. The smallest absolute Gasteiger partial charge is 0.337 e. The van der Waals surface area contributed by atoms with E-state index in [0.29, 0.717) is 6.04 Å². The Morgan fingerprint density at radius 2 is 2.25 bits per heavy atom. The molecule has 0 amide bonds. The maximum atomic E-state index is 10.8. The van der Waals surface area contributed by atoms with Crippen molar-refractivity contribution in [2.75, 3.05) is 5.32 Å². The fourth-order valence-corrected chi connectivity index (χ4v) is 2.02. The Hall–Kier alpha value is -1.22. The number of anilines is 1. The van der Waals surface area contributed by atoms with Gasteiger partial charge in [0.2, 0.25) is 0 Å². The Kier molecular flexibility index (Phi) is 3.06. The van der Waals surface area contributed by atoms with Crippen LogP contribution >= 0.6 is 11.6 Å². The van der Waals surface area contributed by atoms with Crippen molar-refractivity contribution in [3.05, 3.63) is 28.8 Å². The Balaban J connectivity index is 2.10. The van der Waals surface area contributed by atoms with Crippen molar-refractivity contribution in [3.8, 4) is 0 Å². The van der Waals surface area contributed by atoms with Crippen LogP contribution in [-0.4, -0.2) is 17.1 Å². The maximum Gasteiger partial charge on any atom is 0.337 e. The largest absolute Gasteiger partial charge is 0.478 e. The quantitative estimate of drug-likeness (QED) is 0.848. The highest BCUT2D eigenvalue weighted by atomic mass is 35.5. The van der Waals surface area contributed by atoms with Gasteiger partial charge in [-0.25, -0.2) is 4.79 Å². The summed E-state index contributed by atoms with van der Waals surface area (Å²) in [5, 5.41) is 12.4. The van der Waals surface area contributed by atoms with Gasteiger partial charge in [-0.1, -0.05) is 11.6 Å². The zero-order valence-electron chi connectivity index (χ0n) is 9.03. The minimum atomic E-state index is -0.994. The summed E-state index contributed by atoms with van der Waals surface area (Å²) in [6, 6.07) is 5.39. The summed E-state index contributed by atoms with van der Waals surface area (Å²) in [5.74, 6) is -0.246. The summed E-state index contributed by atoms with van der Waals surface area (Å²) < 4.78 is 0. The van der Waals surface area contributed by atoms with Gasteiger partial charge in [0.05, 0.1) is 10.6 Å². The topological polar surface area (TPSA) is 49.3 Å². The second-order valence-electron chi connectivity index (χ2n) is 4.27. The molecule has 1 saturated carbocycles. The third-order valence-electron chi connectivity index (χ3n) is 2.92. The van der Waals surface area contributed by atoms with Crippen molar-refractivity contribution >= 4 is 23.3 Å². The lowest BCUT2D eigenvalue weighted by Gasteiger charge is -2.14. The van der Waals surface area contributed by atoms with Crippen molar-refractivity contribution in [2.45, 2.75) is 25.8 Å². The van der Waals surface area contributed by atoms with Gasteiger partial charge >= 0.3 is 5.97 Å². The minimum absolute atomic E-state index is 0.145. The zero-order chi connectivity index (χ0) is 11.7. The van der Waals surface area contributed by atoms with Crippen LogP contribution in [0.5, 0.6) is 0 Å². The Morgan fingerprint density at radius 1 is 1.56 bits per heavy atom. The molecule has 3 nitrogen and oxygen atoms in total. The molecule has 1 aliphatic rings. The first kappa shape index (κ1) is 11.3. The monoisotopic (exact) mass is 239 g/mol. The second-order valence-corrected chi connectivity index (χ2v) is 4.68. The van der Waals surface area contributed by atoms with Gasteiger partial charge in [-0.3, -0.25) is 0 Å². The summed E-state index contributed by atoms with van der Waals surface area (Å²) in [6.45, 7) is 2.14. The molecule has 1 aromatic carbocycles. The van der Waals surface area contributed by atoms with Gasteiger partial charge in [0.1, 0.15) is 0 Å². The number of benzene rings is 1. The predicted molar refractivity (Wildman–Crippen MR) is 64.2 cm³/mol. The fourth-order valence-electron chi connectivity index (χ4n) is 1.76. The first-order valence-electron chi connectivity index (χ1n) is 5.37. The molecule has 1 fully saturated rings. The average molecular weight is 240 g/mol. The van der Waals surface area contributed by atoms with Gasteiger partial charge in [-0.05, 0) is 43.9 Å². The van der Waals surface area contributed by atoms with Gasteiger partial charge in [0.15, 0.2) is 0 Å². The molecule has 0 spiro atoms. The number of halogens is 1. The summed E-state index contributed by atoms with van der Waals surface area (Å²) in [6.07, 6.45) is 2.55. The number of hydrogen-bond donors (Lipinski definition) is 2. The molecule has 4 heteroatoms. The summed E-state index contributed by atoms with van der Waals surface area (Å²) in [7, 11) is 0. The van der Waals surface area contributed by atoms with Crippen molar-refractivity contribution in [2.24, 2.45) is 5.92 Å². The lowest BCUT2D eigenvalue weighted by atomic mass is 10.1. The van der Waals surface area contributed by atoms with Crippen LogP contribution < -0.4 is 5.32 Å². The maximum absolute atomic E-state index is 10.8. The van der Waals surface area contributed by atoms with Crippen LogP contribution in [0.2, 0.25) is 5.02 Å². The van der Waals surface area contributed by atoms with Gasteiger partial charge in [0, 0.05) is 11.7 Å². The molecule has 86 valence electrons. The summed E-state index contributed by atoms with van der Waals surface area (Å²) >= 11 is 5.88. The van der Waals surface area contributed by atoms with Crippen LogP contribution in [0.3, 0.4) is 0 Å². The third-order valence-corrected chi connectivity index (χ3v) is 3.24. The number of carbonyl (C=O) groups is 1. The molecule has 0 aliphatic heterocycles. The molecule has 16 heavy (non-hydrogen) atoms. The van der Waals surface area contributed by atoms with Crippen LogP contribution in [0, 0.1) is 5.92 Å². The summed E-state index contributed by atoms with van der Waals surface area (Å²) in [4.78, 5) is 10.8. The van der Waals surface area contributed by atoms with Crippen LogP contribution in [0.4, 0.5) is 5.69 Å². The molecule has 0 saturated heterocycles. The van der Waals surface area contributed by atoms with E-state index in [1.807, 2.05) is 0 Å². The summed E-state index contributed by atoms with van der Waals surface area (Å²) in [5.41, 5.74) is 1.03. The highest BCUT2D eigenvalue weighted by molar-refractivity contribution is 6.33. The van der Waals surface area contributed by atoms with Crippen molar-refractivity contribution in [3.63, 3.8) is 0 Å². The number of aromatic carboxylic acids is 1. The first-order chi connectivity index (χ1) is 7.58. The van der Waals surface area contributed by atoms with Gasteiger partial charge in [0.25, 0.3) is 0 Å². The van der Waals surface area contributed by atoms with Crippen molar-refractivity contribution in [1.82, 2.24) is 0 Å². The molecular weight excluding hydrogens is 226 g/mol.